The Labute approximate surface area is 71.4 Å². The van der Waals surface area contributed by atoms with Crippen molar-refractivity contribution in [2.75, 3.05) is 12.4 Å². The molecule has 0 saturated carbocycles. The molecule has 1 N–H and O–H groups in total. The second-order valence-electron chi connectivity index (χ2n) is 2.32. The molecule has 3 heteroatoms. The molecule has 0 aliphatic carbocycles. The highest BCUT2D eigenvalue weighted by Gasteiger charge is 1.98. The number of carbonyl (C=O) groups excluding carboxylic acids is 1. The number of amides is 1. The van der Waals surface area contributed by atoms with E-state index < -0.39 is 6.09 Å². The van der Waals surface area contributed by atoms with Gasteiger partial charge < -0.3 is 4.74 Å². The maximum absolute atomic E-state index is 10.7. The maximum atomic E-state index is 10.7. The zero-order valence-electron chi connectivity index (χ0n) is 6.83. The molecular formula is C9H10NO2. The Morgan fingerprint density at radius 2 is 2.33 bits per heavy atom. The first-order valence-corrected chi connectivity index (χ1v) is 3.49. The minimum Gasteiger partial charge on any atom is -0.453 e. The summed E-state index contributed by atoms with van der Waals surface area (Å²) in [6, 6.07) is 7.19. The van der Waals surface area contributed by atoms with E-state index >= 15 is 0 Å². The van der Waals surface area contributed by atoms with Gasteiger partial charge in [0.25, 0.3) is 0 Å². The van der Waals surface area contributed by atoms with E-state index in [2.05, 4.69) is 17.0 Å². The van der Waals surface area contributed by atoms with Gasteiger partial charge in [-0.2, -0.15) is 0 Å². The van der Waals surface area contributed by atoms with E-state index in [1.54, 1.807) is 12.1 Å². The van der Waals surface area contributed by atoms with Crippen LogP contribution < -0.4 is 5.32 Å². The molecule has 1 aromatic rings. The van der Waals surface area contributed by atoms with Gasteiger partial charge in [0.2, 0.25) is 0 Å². The van der Waals surface area contributed by atoms with Gasteiger partial charge in [-0.1, -0.05) is 12.1 Å². The number of hydrogen-bond acceptors (Lipinski definition) is 2. The lowest BCUT2D eigenvalue weighted by Gasteiger charge is -2.03. The van der Waals surface area contributed by atoms with Gasteiger partial charge in [0.05, 0.1) is 7.11 Å². The van der Waals surface area contributed by atoms with Crippen LogP contribution in [0.3, 0.4) is 0 Å². The van der Waals surface area contributed by atoms with Crippen molar-refractivity contribution in [2.45, 2.75) is 0 Å². The van der Waals surface area contributed by atoms with Crippen molar-refractivity contribution >= 4 is 11.8 Å². The largest absolute Gasteiger partial charge is 0.453 e. The molecule has 1 radical (unpaired) electrons. The van der Waals surface area contributed by atoms with Crippen molar-refractivity contribution < 1.29 is 9.53 Å². The van der Waals surface area contributed by atoms with Crippen LogP contribution in [0.5, 0.6) is 0 Å². The van der Waals surface area contributed by atoms with Crippen molar-refractivity contribution in [3.8, 4) is 0 Å². The Balaban J connectivity index is 2.69. The number of rotatable bonds is 1. The van der Waals surface area contributed by atoms with Gasteiger partial charge in [-0.05, 0) is 24.6 Å². The molecule has 0 aliphatic heterocycles. The highest BCUT2D eigenvalue weighted by molar-refractivity contribution is 5.84. The number of methoxy groups -OCH3 is 1. The molecule has 0 spiro atoms. The Hall–Kier alpha value is -1.51. The summed E-state index contributed by atoms with van der Waals surface area (Å²) in [7, 11) is 1.32. The van der Waals surface area contributed by atoms with E-state index in [0.29, 0.717) is 5.69 Å². The standard InChI is InChI=1S/C9H10NO2/c1-7-4-3-5-8(6-7)10-9(11)12-2/h3-6H,1H2,2H3,(H,10,11). The minimum atomic E-state index is -0.472. The van der Waals surface area contributed by atoms with Crippen LogP contribution in [-0.4, -0.2) is 13.2 Å². The van der Waals surface area contributed by atoms with E-state index in [1.807, 2.05) is 12.1 Å². The van der Waals surface area contributed by atoms with Crippen LogP contribution in [0.25, 0.3) is 0 Å². The number of anilines is 1. The molecular weight excluding hydrogens is 154 g/mol. The third-order valence-electron chi connectivity index (χ3n) is 1.36. The fraction of sp³-hybridized carbons (Fsp3) is 0.111. The van der Waals surface area contributed by atoms with E-state index in [0.717, 1.165) is 5.56 Å². The number of ether oxygens (including phenoxy) is 1. The van der Waals surface area contributed by atoms with Crippen LogP contribution in [0.4, 0.5) is 10.5 Å². The third kappa shape index (κ3) is 2.27. The molecule has 0 aliphatic rings. The van der Waals surface area contributed by atoms with Crippen LogP contribution in [0.1, 0.15) is 5.56 Å². The molecule has 0 unspecified atom stereocenters. The fourth-order valence-electron chi connectivity index (χ4n) is 0.818. The lowest BCUT2D eigenvalue weighted by molar-refractivity contribution is 0.187. The number of nitrogens with one attached hydrogen (secondary N) is 1. The SMILES string of the molecule is [CH2]c1cccc(NC(=O)OC)c1. The minimum absolute atomic E-state index is 0.472. The summed E-state index contributed by atoms with van der Waals surface area (Å²) in [6.45, 7) is 3.72. The molecule has 1 rings (SSSR count). The zero-order chi connectivity index (χ0) is 8.97. The monoisotopic (exact) mass is 164 g/mol. The summed E-state index contributed by atoms with van der Waals surface area (Å²) < 4.78 is 4.42. The highest BCUT2D eigenvalue weighted by atomic mass is 16.5. The summed E-state index contributed by atoms with van der Waals surface area (Å²) >= 11 is 0. The van der Waals surface area contributed by atoms with E-state index in [4.69, 9.17) is 0 Å². The number of carbonyl (C=O) groups is 1. The van der Waals surface area contributed by atoms with Gasteiger partial charge in [-0.3, -0.25) is 5.32 Å². The topological polar surface area (TPSA) is 38.3 Å². The number of benzene rings is 1. The molecule has 1 amide bonds. The van der Waals surface area contributed by atoms with Crippen LogP contribution in [0, 0.1) is 6.92 Å². The maximum Gasteiger partial charge on any atom is 0.411 e. The van der Waals surface area contributed by atoms with Gasteiger partial charge in [0, 0.05) is 5.69 Å². The zero-order valence-corrected chi connectivity index (χ0v) is 6.83. The first kappa shape index (κ1) is 8.59. The Morgan fingerprint density at radius 1 is 1.58 bits per heavy atom. The first-order valence-electron chi connectivity index (χ1n) is 3.49. The lowest BCUT2D eigenvalue weighted by atomic mass is 10.2. The van der Waals surface area contributed by atoms with Gasteiger partial charge in [0.1, 0.15) is 0 Å². The molecule has 0 aromatic heterocycles. The van der Waals surface area contributed by atoms with Crippen molar-refractivity contribution in [3.63, 3.8) is 0 Å². The predicted molar refractivity (Wildman–Crippen MR) is 46.9 cm³/mol. The molecule has 0 heterocycles. The van der Waals surface area contributed by atoms with Crippen molar-refractivity contribution in [1.29, 1.82) is 0 Å². The first-order chi connectivity index (χ1) is 5.72. The molecule has 63 valence electrons. The van der Waals surface area contributed by atoms with Crippen LogP contribution in [-0.2, 0) is 4.74 Å². The van der Waals surface area contributed by atoms with E-state index in [-0.39, 0.29) is 0 Å². The summed E-state index contributed by atoms with van der Waals surface area (Å²) in [6.07, 6.45) is -0.472. The quantitative estimate of drug-likeness (QED) is 0.689. The third-order valence-corrected chi connectivity index (χ3v) is 1.36. The van der Waals surface area contributed by atoms with Gasteiger partial charge in [-0.25, -0.2) is 4.79 Å². The van der Waals surface area contributed by atoms with E-state index in [9.17, 15) is 4.79 Å². The number of hydrogen-bond donors (Lipinski definition) is 1. The summed E-state index contributed by atoms with van der Waals surface area (Å²) in [5, 5.41) is 2.53. The summed E-state index contributed by atoms with van der Waals surface area (Å²) in [5.41, 5.74) is 1.54. The van der Waals surface area contributed by atoms with Crippen LogP contribution >= 0.6 is 0 Å². The van der Waals surface area contributed by atoms with Crippen molar-refractivity contribution in [2.24, 2.45) is 0 Å². The molecule has 1 aromatic carbocycles. The molecule has 12 heavy (non-hydrogen) atoms. The Bertz CT molecular complexity index is 284. The Kier molecular flexibility index (Phi) is 2.69. The van der Waals surface area contributed by atoms with Gasteiger partial charge >= 0.3 is 6.09 Å². The van der Waals surface area contributed by atoms with Crippen molar-refractivity contribution in [3.05, 3.63) is 36.8 Å². The molecule has 0 saturated heterocycles. The highest BCUT2D eigenvalue weighted by Crippen LogP contribution is 2.09. The second-order valence-corrected chi connectivity index (χ2v) is 2.32. The molecule has 3 nitrogen and oxygen atoms in total. The molecule has 0 bridgehead atoms. The smallest absolute Gasteiger partial charge is 0.411 e. The summed E-state index contributed by atoms with van der Waals surface area (Å²) in [5.74, 6) is 0. The second kappa shape index (κ2) is 3.76. The van der Waals surface area contributed by atoms with Gasteiger partial charge in [-0.15, -0.1) is 0 Å². The van der Waals surface area contributed by atoms with Crippen molar-refractivity contribution in [1.82, 2.24) is 0 Å². The van der Waals surface area contributed by atoms with Gasteiger partial charge in [0.15, 0.2) is 0 Å². The predicted octanol–water partition coefficient (Wildman–Crippen LogP) is 2.05. The Morgan fingerprint density at radius 3 is 2.92 bits per heavy atom. The normalized spacial score (nSPS) is 9.17. The van der Waals surface area contributed by atoms with Crippen LogP contribution in [0.15, 0.2) is 24.3 Å². The average molecular weight is 164 g/mol. The summed E-state index contributed by atoms with van der Waals surface area (Å²) in [4.78, 5) is 10.7. The average Bonchev–Trinajstić information content (AvgIpc) is 2.04. The fourth-order valence-corrected chi connectivity index (χ4v) is 0.818. The van der Waals surface area contributed by atoms with Crippen LogP contribution in [0.2, 0.25) is 0 Å². The van der Waals surface area contributed by atoms with E-state index in [1.165, 1.54) is 7.11 Å². The molecule has 0 atom stereocenters. The lowest BCUT2D eigenvalue weighted by Crippen LogP contribution is -2.10. The molecule has 0 fully saturated rings.